The number of thioether (sulfide) groups is 1. The lowest BCUT2D eigenvalue weighted by Crippen LogP contribution is -1.97. The van der Waals surface area contributed by atoms with Gasteiger partial charge in [0.05, 0.1) is 21.6 Å². The first-order chi connectivity index (χ1) is 10.9. The van der Waals surface area contributed by atoms with Crippen LogP contribution >= 0.6 is 11.8 Å². The number of hydrogen-bond acceptors (Lipinski definition) is 5. The minimum atomic E-state index is -3.15. The molecule has 118 valence electrons. The van der Waals surface area contributed by atoms with Crippen LogP contribution in [-0.2, 0) is 15.6 Å². The van der Waals surface area contributed by atoms with Crippen molar-refractivity contribution in [2.75, 3.05) is 6.26 Å². The summed E-state index contributed by atoms with van der Waals surface area (Å²) < 4.78 is 22.9. The molecule has 0 saturated heterocycles. The summed E-state index contributed by atoms with van der Waals surface area (Å²) in [4.78, 5) is 9.56. The maximum atomic E-state index is 11.5. The van der Waals surface area contributed by atoms with Crippen molar-refractivity contribution in [3.8, 4) is 0 Å². The van der Waals surface area contributed by atoms with Crippen LogP contribution in [-0.4, -0.2) is 24.6 Å². The lowest BCUT2D eigenvalue weighted by atomic mass is 10.2. The molecule has 0 aliphatic carbocycles. The molecule has 23 heavy (non-hydrogen) atoms. The van der Waals surface area contributed by atoms with Crippen LogP contribution in [0, 0.1) is 6.92 Å². The summed E-state index contributed by atoms with van der Waals surface area (Å²) in [7, 11) is -3.15. The molecule has 0 fully saturated rings. The zero-order chi connectivity index (χ0) is 16.4. The molecule has 3 rings (SSSR count). The van der Waals surface area contributed by atoms with E-state index in [-0.39, 0.29) is 0 Å². The molecule has 0 N–H and O–H groups in total. The van der Waals surface area contributed by atoms with Gasteiger partial charge < -0.3 is 0 Å². The molecule has 0 amide bonds. The van der Waals surface area contributed by atoms with Crippen LogP contribution in [0.2, 0.25) is 0 Å². The predicted molar refractivity (Wildman–Crippen MR) is 93.4 cm³/mol. The topological polar surface area (TPSA) is 59.9 Å². The van der Waals surface area contributed by atoms with Gasteiger partial charge in [0.2, 0.25) is 0 Å². The van der Waals surface area contributed by atoms with E-state index in [1.807, 2.05) is 43.3 Å². The molecular formula is C17H16N2O2S2. The number of nitrogens with zero attached hydrogens (tertiary/aromatic N) is 2. The van der Waals surface area contributed by atoms with Gasteiger partial charge in [-0.1, -0.05) is 36.0 Å². The molecule has 0 aliphatic heterocycles. The maximum absolute atomic E-state index is 11.5. The Balaban J connectivity index is 1.79. The van der Waals surface area contributed by atoms with Gasteiger partial charge in [-0.25, -0.2) is 18.4 Å². The van der Waals surface area contributed by atoms with Gasteiger partial charge in [-0.05, 0) is 36.8 Å². The van der Waals surface area contributed by atoms with E-state index >= 15 is 0 Å². The Hall–Kier alpha value is -1.92. The Morgan fingerprint density at radius 2 is 1.57 bits per heavy atom. The van der Waals surface area contributed by atoms with Gasteiger partial charge in [0.15, 0.2) is 9.84 Å². The van der Waals surface area contributed by atoms with Crippen molar-refractivity contribution in [2.24, 2.45) is 0 Å². The van der Waals surface area contributed by atoms with Crippen LogP contribution in [0.4, 0.5) is 0 Å². The summed E-state index contributed by atoms with van der Waals surface area (Å²) in [6.07, 6.45) is 1.21. The first-order valence-corrected chi connectivity index (χ1v) is 9.96. The largest absolute Gasteiger partial charge is 0.249 e. The van der Waals surface area contributed by atoms with Crippen molar-refractivity contribution < 1.29 is 8.42 Å². The van der Waals surface area contributed by atoms with E-state index in [9.17, 15) is 8.42 Å². The van der Waals surface area contributed by atoms with Gasteiger partial charge in [0.25, 0.3) is 0 Å². The Labute approximate surface area is 139 Å². The molecule has 4 nitrogen and oxygen atoms in total. The quantitative estimate of drug-likeness (QED) is 0.676. The molecule has 1 heterocycles. The van der Waals surface area contributed by atoms with Gasteiger partial charge in [-0.2, -0.15) is 0 Å². The Morgan fingerprint density at radius 1 is 0.957 bits per heavy atom. The molecule has 0 bridgehead atoms. The van der Waals surface area contributed by atoms with Crippen molar-refractivity contribution >= 4 is 32.6 Å². The third kappa shape index (κ3) is 3.71. The molecule has 0 unspecified atom stereocenters. The zero-order valence-corrected chi connectivity index (χ0v) is 14.5. The summed E-state index contributed by atoms with van der Waals surface area (Å²) in [5, 5.41) is 0.899. The average molecular weight is 344 g/mol. The average Bonchev–Trinajstić information content (AvgIpc) is 2.52. The number of sulfone groups is 1. The number of fused-ring (bicyclic) bond motifs is 1. The molecule has 0 aliphatic rings. The molecule has 0 saturated carbocycles. The van der Waals surface area contributed by atoms with Crippen molar-refractivity contribution in [3.63, 3.8) is 0 Å². The summed E-state index contributed by atoms with van der Waals surface area (Å²) in [6.45, 7) is 1.95. The monoisotopic (exact) mass is 344 g/mol. The maximum Gasteiger partial charge on any atom is 0.175 e. The first kappa shape index (κ1) is 16.0. The minimum Gasteiger partial charge on any atom is -0.249 e. The Kier molecular flexibility index (Phi) is 4.37. The molecule has 6 heteroatoms. The lowest BCUT2D eigenvalue weighted by molar-refractivity contribution is 0.602. The van der Waals surface area contributed by atoms with E-state index in [1.54, 1.807) is 23.9 Å². The number of rotatable bonds is 4. The van der Waals surface area contributed by atoms with Crippen molar-refractivity contribution in [2.45, 2.75) is 22.6 Å². The molecule has 0 atom stereocenters. The van der Waals surface area contributed by atoms with Crippen LogP contribution in [0.1, 0.15) is 11.3 Å². The number of aryl methyl sites for hydroxylation is 1. The van der Waals surface area contributed by atoms with Crippen LogP contribution < -0.4 is 0 Å². The highest BCUT2D eigenvalue weighted by Crippen LogP contribution is 2.25. The van der Waals surface area contributed by atoms with E-state index < -0.39 is 9.84 Å². The van der Waals surface area contributed by atoms with Gasteiger partial charge in [0, 0.05) is 12.0 Å². The van der Waals surface area contributed by atoms with Crippen molar-refractivity contribution in [1.29, 1.82) is 0 Å². The van der Waals surface area contributed by atoms with Crippen molar-refractivity contribution in [1.82, 2.24) is 9.97 Å². The van der Waals surface area contributed by atoms with E-state index in [2.05, 4.69) is 9.97 Å². The molecule has 2 aromatic carbocycles. The normalized spacial score (nSPS) is 11.7. The fraction of sp³-hybridized carbons (Fsp3) is 0.176. The fourth-order valence-electron chi connectivity index (χ4n) is 2.19. The third-order valence-electron chi connectivity index (χ3n) is 3.43. The van der Waals surface area contributed by atoms with Gasteiger partial charge in [-0.15, -0.1) is 0 Å². The Morgan fingerprint density at radius 3 is 2.17 bits per heavy atom. The lowest BCUT2D eigenvalue weighted by Gasteiger charge is -2.07. The van der Waals surface area contributed by atoms with Crippen molar-refractivity contribution in [3.05, 3.63) is 59.8 Å². The highest BCUT2D eigenvalue weighted by atomic mass is 32.2. The fourth-order valence-corrected chi connectivity index (χ4v) is 3.74. The highest BCUT2D eigenvalue weighted by Gasteiger charge is 2.08. The second-order valence-corrected chi connectivity index (χ2v) is 8.29. The summed E-state index contributed by atoms with van der Waals surface area (Å²) in [5.74, 6) is 0.720. The van der Waals surface area contributed by atoms with Crippen LogP contribution in [0.25, 0.3) is 11.0 Å². The number of benzene rings is 2. The zero-order valence-electron chi connectivity index (χ0n) is 12.9. The van der Waals surface area contributed by atoms with Gasteiger partial charge in [0.1, 0.15) is 5.03 Å². The molecule has 3 aromatic rings. The van der Waals surface area contributed by atoms with Gasteiger partial charge in [-0.3, -0.25) is 0 Å². The molecule has 1 aromatic heterocycles. The van der Waals surface area contributed by atoms with E-state index in [1.165, 1.54) is 6.26 Å². The van der Waals surface area contributed by atoms with Crippen LogP contribution in [0.3, 0.4) is 0 Å². The predicted octanol–water partition coefficient (Wildman–Crippen LogP) is 3.63. The summed E-state index contributed by atoms with van der Waals surface area (Å²) in [6, 6.07) is 14.8. The molecule has 0 spiro atoms. The van der Waals surface area contributed by atoms with Crippen LogP contribution in [0.5, 0.6) is 0 Å². The summed E-state index contributed by atoms with van der Waals surface area (Å²) >= 11 is 1.61. The minimum absolute atomic E-state index is 0.341. The smallest absolute Gasteiger partial charge is 0.175 e. The highest BCUT2D eigenvalue weighted by molar-refractivity contribution is 7.98. The van der Waals surface area contributed by atoms with Crippen LogP contribution in [0.15, 0.2) is 58.5 Å². The molecule has 0 radical (unpaired) electrons. The second-order valence-electron chi connectivity index (χ2n) is 5.31. The SMILES string of the molecule is Cc1nc2ccccc2nc1SCc1ccc(S(C)(=O)=O)cc1. The second kappa shape index (κ2) is 6.29. The third-order valence-corrected chi connectivity index (χ3v) is 5.69. The Bertz CT molecular complexity index is 952. The number of para-hydroxylation sites is 2. The number of aromatic nitrogens is 2. The standard InChI is InChI=1S/C17H16N2O2S2/c1-12-17(19-16-6-4-3-5-15(16)18-12)22-11-13-7-9-14(10-8-13)23(2,20)21/h3-10H,11H2,1-2H3. The van der Waals surface area contributed by atoms with E-state index in [0.717, 1.165) is 33.1 Å². The van der Waals surface area contributed by atoms with E-state index in [0.29, 0.717) is 4.90 Å². The summed E-state index contributed by atoms with van der Waals surface area (Å²) in [5.41, 5.74) is 3.73. The van der Waals surface area contributed by atoms with E-state index in [4.69, 9.17) is 0 Å². The van der Waals surface area contributed by atoms with Gasteiger partial charge >= 0.3 is 0 Å². The number of hydrogen-bond donors (Lipinski definition) is 0. The molecular weight excluding hydrogens is 328 g/mol. The first-order valence-electron chi connectivity index (χ1n) is 7.09.